The molecule has 7 heteroatoms. The molecule has 188 valence electrons. The van der Waals surface area contributed by atoms with E-state index in [9.17, 15) is 19.8 Å². The maximum atomic E-state index is 12.4. The highest BCUT2D eigenvalue weighted by atomic mass is 16.5. The Kier molecular flexibility index (Phi) is 8.57. The molecule has 36 heavy (non-hydrogen) atoms. The fourth-order valence-corrected chi connectivity index (χ4v) is 4.32. The van der Waals surface area contributed by atoms with Crippen LogP contribution in [0.5, 0.6) is 17.2 Å². The van der Waals surface area contributed by atoms with Crippen molar-refractivity contribution in [2.75, 3.05) is 5.32 Å². The zero-order chi connectivity index (χ0) is 25.3. The Morgan fingerprint density at radius 2 is 1.39 bits per heavy atom. The van der Waals surface area contributed by atoms with Gasteiger partial charge in [0.2, 0.25) is 5.91 Å². The fourth-order valence-electron chi connectivity index (χ4n) is 4.32. The predicted octanol–water partition coefficient (Wildman–Crippen LogP) is 5.82. The van der Waals surface area contributed by atoms with Crippen molar-refractivity contribution in [3.8, 4) is 17.2 Å². The van der Waals surface area contributed by atoms with E-state index in [0.717, 1.165) is 49.8 Å². The van der Waals surface area contributed by atoms with Crippen LogP contribution in [0.2, 0.25) is 0 Å². The van der Waals surface area contributed by atoms with Crippen molar-refractivity contribution in [1.29, 1.82) is 0 Å². The third-order valence-corrected chi connectivity index (χ3v) is 6.21. The number of nitrogens with one attached hydrogen (secondary N) is 1. The van der Waals surface area contributed by atoms with Gasteiger partial charge in [0.05, 0.1) is 29.9 Å². The summed E-state index contributed by atoms with van der Waals surface area (Å²) in [5, 5.41) is 21.7. The molecular formula is C29H31NO6. The molecule has 0 unspecified atom stereocenters. The molecule has 4 rings (SSSR count). The summed E-state index contributed by atoms with van der Waals surface area (Å²) in [6, 6.07) is 21.0. The van der Waals surface area contributed by atoms with E-state index in [1.165, 1.54) is 6.07 Å². The molecule has 0 heterocycles. The second-order valence-corrected chi connectivity index (χ2v) is 9.05. The normalized spacial score (nSPS) is 17.9. The number of benzene rings is 3. The third-order valence-electron chi connectivity index (χ3n) is 6.21. The molecule has 1 amide bonds. The Morgan fingerprint density at radius 1 is 0.806 bits per heavy atom. The van der Waals surface area contributed by atoms with Gasteiger partial charge in [-0.2, -0.15) is 0 Å². The van der Waals surface area contributed by atoms with Crippen molar-refractivity contribution in [2.45, 2.75) is 57.2 Å². The van der Waals surface area contributed by atoms with Crippen LogP contribution in [-0.2, 0) is 11.2 Å². The van der Waals surface area contributed by atoms with Gasteiger partial charge in [-0.1, -0.05) is 24.3 Å². The number of carboxylic acids is 1. The molecule has 3 aromatic carbocycles. The molecule has 0 radical (unpaired) electrons. The number of carbonyl (C=O) groups is 2. The molecule has 1 aliphatic carbocycles. The first-order valence-corrected chi connectivity index (χ1v) is 12.3. The number of aliphatic hydroxyl groups is 1. The van der Waals surface area contributed by atoms with E-state index in [1.54, 1.807) is 42.5 Å². The zero-order valence-corrected chi connectivity index (χ0v) is 20.1. The van der Waals surface area contributed by atoms with E-state index in [4.69, 9.17) is 9.47 Å². The topological polar surface area (TPSA) is 105 Å². The standard InChI is InChI=1S/C29H31NO6/c31-21-5-3-7-22(8-4-6-21)35-24-15-17-25(18-16-24)36-23-13-11-20(12-14-23)19-28(32)30-27-10-2-1-9-26(27)29(33)34/h1-2,9-18,21-22,31H,3-8,19H2,(H,30,32)(H,33,34). The summed E-state index contributed by atoms with van der Waals surface area (Å²) < 4.78 is 12.1. The lowest BCUT2D eigenvalue weighted by atomic mass is 9.96. The molecule has 3 aromatic rings. The van der Waals surface area contributed by atoms with E-state index in [2.05, 4.69) is 5.32 Å². The highest BCUT2D eigenvalue weighted by Gasteiger charge is 2.17. The van der Waals surface area contributed by atoms with Crippen LogP contribution in [0.4, 0.5) is 5.69 Å². The monoisotopic (exact) mass is 489 g/mol. The summed E-state index contributed by atoms with van der Waals surface area (Å²) in [6.45, 7) is 0. The molecule has 1 fully saturated rings. The molecule has 1 aliphatic rings. The fraction of sp³-hybridized carbons (Fsp3) is 0.310. The van der Waals surface area contributed by atoms with Crippen molar-refractivity contribution >= 4 is 17.6 Å². The Labute approximate surface area is 210 Å². The van der Waals surface area contributed by atoms with Gasteiger partial charge < -0.3 is 25.0 Å². The van der Waals surface area contributed by atoms with Gasteiger partial charge in [0.1, 0.15) is 17.2 Å². The van der Waals surface area contributed by atoms with Gasteiger partial charge in [0.25, 0.3) is 0 Å². The summed E-state index contributed by atoms with van der Waals surface area (Å²) in [6.07, 6.45) is 5.64. The van der Waals surface area contributed by atoms with Crippen molar-refractivity contribution in [3.63, 3.8) is 0 Å². The number of carbonyl (C=O) groups excluding carboxylic acids is 1. The van der Waals surface area contributed by atoms with E-state index in [1.807, 2.05) is 24.3 Å². The minimum absolute atomic E-state index is 0.0514. The van der Waals surface area contributed by atoms with Crippen LogP contribution in [0.3, 0.4) is 0 Å². The van der Waals surface area contributed by atoms with E-state index < -0.39 is 5.97 Å². The number of amides is 1. The first-order valence-electron chi connectivity index (χ1n) is 12.3. The Balaban J connectivity index is 1.28. The number of carboxylic acid groups (broad SMARTS) is 1. The van der Waals surface area contributed by atoms with Gasteiger partial charge in [-0.3, -0.25) is 4.79 Å². The van der Waals surface area contributed by atoms with E-state index in [-0.39, 0.29) is 35.8 Å². The van der Waals surface area contributed by atoms with Crippen molar-refractivity contribution in [3.05, 3.63) is 83.9 Å². The quantitative estimate of drug-likeness (QED) is 0.368. The number of para-hydroxylation sites is 1. The summed E-state index contributed by atoms with van der Waals surface area (Å²) in [4.78, 5) is 23.7. The molecular weight excluding hydrogens is 458 g/mol. The number of rotatable bonds is 8. The number of aliphatic hydroxyl groups excluding tert-OH is 1. The summed E-state index contributed by atoms with van der Waals surface area (Å²) in [5.41, 5.74) is 1.11. The third kappa shape index (κ3) is 7.33. The molecule has 0 aromatic heterocycles. The smallest absolute Gasteiger partial charge is 0.337 e. The molecule has 0 spiro atoms. The minimum atomic E-state index is -1.09. The summed E-state index contributed by atoms with van der Waals surface area (Å²) in [7, 11) is 0. The van der Waals surface area contributed by atoms with Crippen LogP contribution >= 0.6 is 0 Å². The Hall–Kier alpha value is -3.84. The highest BCUT2D eigenvalue weighted by molar-refractivity contribution is 6.00. The van der Waals surface area contributed by atoms with Crippen LogP contribution in [0.1, 0.15) is 54.4 Å². The van der Waals surface area contributed by atoms with Crippen LogP contribution < -0.4 is 14.8 Å². The van der Waals surface area contributed by atoms with Gasteiger partial charge in [-0.15, -0.1) is 0 Å². The first kappa shape index (κ1) is 25.3. The van der Waals surface area contributed by atoms with Crippen molar-refractivity contribution in [2.24, 2.45) is 0 Å². The SMILES string of the molecule is O=C(Cc1ccc(Oc2ccc(OC3CCCC(O)CCC3)cc2)cc1)Nc1ccccc1C(=O)O. The lowest BCUT2D eigenvalue weighted by molar-refractivity contribution is -0.115. The first-order chi connectivity index (χ1) is 17.5. The maximum Gasteiger partial charge on any atom is 0.337 e. The lowest BCUT2D eigenvalue weighted by Gasteiger charge is -2.23. The summed E-state index contributed by atoms with van der Waals surface area (Å²) in [5.74, 6) is 0.738. The number of ether oxygens (including phenoxy) is 2. The number of aromatic carboxylic acids is 1. The van der Waals surface area contributed by atoms with Gasteiger partial charge in [-0.25, -0.2) is 4.79 Å². The molecule has 0 atom stereocenters. The van der Waals surface area contributed by atoms with Gasteiger partial charge in [-0.05, 0) is 92.6 Å². The minimum Gasteiger partial charge on any atom is -0.490 e. The largest absolute Gasteiger partial charge is 0.490 e. The zero-order valence-electron chi connectivity index (χ0n) is 20.1. The number of anilines is 1. The Morgan fingerprint density at radius 3 is 2.03 bits per heavy atom. The van der Waals surface area contributed by atoms with Gasteiger partial charge in [0.15, 0.2) is 0 Å². The van der Waals surface area contributed by atoms with Gasteiger partial charge >= 0.3 is 5.97 Å². The predicted molar refractivity (Wildman–Crippen MR) is 137 cm³/mol. The van der Waals surface area contributed by atoms with E-state index in [0.29, 0.717) is 11.5 Å². The van der Waals surface area contributed by atoms with Crippen LogP contribution in [0, 0.1) is 0 Å². The highest BCUT2D eigenvalue weighted by Crippen LogP contribution is 2.27. The average Bonchev–Trinajstić information content (AvgIpc) is 2.85. The van der Waals surface area contributed by atoms with Crippen molar-refractivity contribution < 1.29 is 29.3 Å². The van der Waals surface area contributed by atoms with Crippen LogP contribution in [0.15, 0.2) is 72.8 Å². The second kappa shape index (κ2) is 12.2. The van der Waals surface area contributed by atoms with E-state index >= 15 is 0 Å². The molecule has 0 saturated heterocycles. The molecule has 0 aliphatic heterocycles. The Bertz CT molecular complexity index is 1150. The van der Waals surface area contributed by atoms with Crippen LogP contribution in [0.25, 0.3) is 0 Å². The number of hydrogen-bond donors (Lipinski definition) is 3. The molecule has 0 bridgehead atoms. The van der Waals surface area contributed by atoms with Crippen molar-refractivity contribution in [1.82, 2.24) is 0 Å². The lowest BCUT2D eigenvalue weighted by Crippen LogP contribution is -2.21. The summed E-state index contributed by atoms with van der Waals surface area (Å²) >= 11 is 0. The molecule has 1 saturated carbocycles. The number of hydrogen-bond acceptors (Lipinski definition) is 5. The van der Waals surface area contributed by atoms with Crippen LogP contribution in [-0.4, -0.2) is 34.3 Å². The second-order valence-electron chi connectivity index (χ2n) is 9.05. The molecule has 7 nitrogen and oxygen atoms in total. The maximum absolute atomic E-state index is 12.4. The molecule has 3 N–H and O–H groups in total. The van der Waals surface area contributed by atoms with Gasteiger partial charge in [0, 0.05) is 0 Å². The average molecular weight is 490 g/mol.